The summed E-state index contributed by atoms with van der Waals surface area (Å²) in [6, 6.07) is 0. The first kappa shape index (κ1) is 15.0. The summed E-state index contributed by atoms with van der Waals surface area (Å²) >= 11 is 0. The van der Waals surface area contributed by atoms with Crippen LogP contribution in [0.25, 0.3) is 0 Å². The van der Waals surface area contributed by atoms with Crippen LogP contribution >= 0.6 is 0 Å². The maximum Gasteiger partial charge on any atom is 0.508 e. The smallest absolute Gasteiger partial charge is 0.430 e. The van der Waals surface area contributed by atoms with Crippen molar-refractivity contribution in [3.05, 3.63) is 12.0 Å². The molecule has 0 aliphatic carbocycles. The Morgan fingerprint density at radius 3 is 2.78 bits per heavy atom. The Bertz CT molecular complexity index is 375. The van der Waals surface area contributed by atoms with Crippen molar-refractivity contribution in [1.82, 2.24) is 0 Å². The molecule has 1 saturated heterocycles. The summed E-state index contributed by atoms with van der Waals surface area (Å²) < 4.78 is 36.8. The van der Waals surface area contributed by atoms with Gasteiger partial charge in [-0.05, 0) is 19.3 Å². The van der Waals surface area contributed by atoms with Crippen LogP contribution in [-0.2, 0) is 24.0 Å². The summed E-state index contributed by atoms with van der Waals surface area (Å²) in [5, 5.41) is 0.935. The molecule has 0 N–H and O–H groups in total. The van der Waals surface area contributed by atoms with E-state index in [1.54, 1.807) is 0 Å². The molecule has 0 spiro atoms. The van der Waals surface area contributed by atoms with Gasteiger partial charge in [0.1, 0.15) is 12.7 Å². The summed E-state index contributed by atoms with van der Waals surface area (Å²) in [6.45, 7) is 4.20. The van der Waals surface area contributed by atoms with Gasteiger partial charge in [0.25, 0.3) is 0 Å². The van der Waals surface area contributed by atoms with Crippen molar-refractivity contribution < 1.29 is 27.4 Å². The standard InChI is InChI=1S/C11H18O6S/c1-2-18(13,14)8-7-15-6-4-3-5-10-9-16-11(12)17-10/h2,10H,1,3-9H2. The minimum atomic E-state index is -3.17. The molecule has 0 bridgehead atoms. The van der Waals surface area contributed by atoms with E-state index in [1.165, 1.54) is 0 Å². The number of carbonyl (C=O) groups excluding carboxylic acids is 1. The van der Waals surface area contributed by atoms with Crippen molar-refractivity contribution in [2.75, 3.05) is 25.6 Å². The van der Waals surface area contributed by atoms with Gasteiger partial charge in [-0.15, -0.1) is 0 Å². The van der Waals surface area contributed by atoms with Gasteiger partial charge in [0.15, 0.2) is 9.84 Å². The minimum Gasteiger partial charge on any atom is -0.430 e. The molecule has 1 rings (SSSR count). The zero-order chi connectivity index (χ0) is 13.4. The van der Waals surface area contributed by atoms with Crippen molar-refractivity contribution in [3.8, 4) is 0 Å². The molecule has 1 aliphatic heterocycles. The van der Waals surface area contributed by atoms with E-state index >= 15 is 0 Å². The Morgan fingerprint density at radius 1 is 1.39 bits per heavy atom. The van der Waals surface area contributed by atoms with Gasteiger partial charge in [0.05, 0.1) is 12.4 Å². The molecule has 1 fully saturated rings. The lowest BCUT2D eigenvalue weighted by Gasteiger charge is -2.06. The molecule has 0 saturated carbocycles. The average Bonchev–Trinajstić information content (AvgIpc) is 2.74. The summed E-state index contributed by atoms with van der Waals surface area (Å²) in [5.41, 5.74) is 0. The first-order chi connectivity index (χ1) is 8.53. The summed E-state index contributed by atoms with van der Waals surface area (Å²) in [5.74, 6) is -0.0371. The third-order valence-electron chi connectivity index (χ3n) is 2.48. The van der Waals surface area contributed by atoms with Crippen molar-refractivity contribution in [3.63, 3.8) is 0 Å². The van der Waals surface area contributed by atoms with Gasteiger partial charge in [-0.2, -0.15) is 0 Å². The molecule has 104 valence electrons. The van der Waals surface area contributed by atoms with E-state index in [9.17, 15) is 13.2 Å². The fourth-order valence-electron chi connectivity index (χ4n) is 1.44. The number of rotatable bonds is 9. The SMILES string of the molecule is C=CS(=O)(=O)CCOCCCCC1COC(=O)O1. The lowest BCUT2D eigenvalue weighted by molar-refractivity contribution is 0.112. The number of hydrogen-bond acceptors (Lipinski definition) is 6. The highest BCUT2D eigenvalue weighted by molar-refractivity contribution is 7.94. The Balaban J connectivity index is 1.93. The maximum atomic E-state index is 11.0. The zero-order valence-corrected chi connectivity index (χ0v) is 11.0. The van der Waals surface area contributed by atoms with E-state index in [-0.39, 0.29) is 18.5 Å². The molecule has 0 amide bonds. The van der Waals surface area contributed by atoms with Crippen LogP contribution in [0.2, 0.25) is 0 Å². The molecule has 0 aromatic heterocycles. The van der Waals surface area contributed by atoms with E-state index in [0.29, 0.717) is 13.2 Å². The highest BCUT2D eigenvalue weighted by Gasteiger charge is 2.23. The Hall–Kier alpha value is -1.08. The summed E-state index contributed by atoms with van der Waals surface area (Å²) in [7, 11) is -3.17. The summed E-state index contributed by atoms with van der Waals surface area (Å²) in [6.07, 6.45) is 1.61. The Morgan fingerprint density at radius 2 is 2.17 bits per heavy atom. The topological polar surface area (TPSA) is 78.9 Å². The lowest BCUT2D eigenvalue weighted by atomic mass is 10.2. The van der Waals surface area contributed by atoms with Gasteiger partial charge in [0, 0.05) is 12.0 Å². The van der Waals surface area contributed by atoms with Crippen molar-refractivity contribution >= 4 is 16.0 Å². The average molecular weight is 278 g/mol. The number of carbonyl (C=O) groups is 1. The van der Waals surface area contributed by atoms with E-state index in [2.05, 4.69) is 11.3 Å². The van der Waals surface area contributed by atoms with Crippen LogP contribution in [0.4, 0.5) is 4.79 Å². The number of unbranched alkanes of at least 4 members (excludes halogenated alkanes) is 1. The molecule has 0 aromatic carbocycles. The molecular weight excluding hydrogens is 260 g/mol. The fourth-order valence-corrected chi connectivity index (χ4v) is 1.96. The van der Waals surface area contributed by atoms with E-state index in [0.717, 1.165) is 24.7 Å². The maximum absolute atomic E-state index is 11.0. The first-order valence-corrected chi connectivity index (χ1v) is 7.51. The minimum absolute atomic E-state index is 0.0371. The first-order valence-electron chi connectivity index (χ1n) is 5.80. The van der Waals surface area contributed by atoms with Gasteiger partial charge in [-0.3, -0.25) is 0 Å². The van der Waals surface area contributed by atoms with Crippen LogP contribution in [0.5, 0.6) is 0 Å². The third kappa shape index (κ3) is 6.02. The van der Waals surface area contributed by atoms with Crippen LogP contribution in [-0.4, -0.2) is 46.3 Å². The van der Waals surface area contributed by atoms with Crippen LogP contribution in [0, 0.1) is 0 Å². The number of sulfone groups is 1. The van der Waals surface area contributed by atoms with E-state index in [1.807, 2.05) is 0 Å². The number of ether oxygens (including phenoxy) is 3. The molecule has 18 heavy (non-hydrogen) atoms. The molecule has 1 atom stereocenters. The Labute approximate surface area is 107 Å². The predicted octanol–water partition coefficient (Wildman–Crippen LogP) is 1.27. The quantitative estimate of drug-likeness (QED) is 0.467. The van der Waals surface area contributed by atoms with Crippen molar-refractivity contribution in [2.24, 2.45) is 0 Å². The van der Waals surface area contributed by atoms with Gasteiger partial charge in [-0.25, -0.2) is 13.2 Å². The molecule has 6 nitrogen and oxygen atoms in total. The third-order valence-corrected chi connectivity index (χ3v) is 3.72. The van der Waals surface area contributed by atoms with Crippen molar-refractivity contribution in [2.45, 2.75) is 25.4 Å². The largest absolute Gasteiger partial charge is 0.508 e. The monoisotopic (exact) mass is 278 g/mol. The van der Waals surface area contributed by atoms with Gasteiger partial charge >= 0.3 is 6.16 Å². The number of hydrogen-bond donors (Lipinski definition) is 0. The molecule has 1 aliphatic rings. The number of cyclic esters (lactones) is 2. The van der Waals surface area contributed by atoms with Crippen LogP contribution < -0.4 is 0 Å². The molecule has 0 aromatic rings. The lowest BCUT2D eigenvalue weighted by Crippen LogP contribution is -2.11. The molecule has 1 unspecified atom stereocenters. The van der Waals surface area contributed by atoms with Crippen molar-refractivity contribution in [1.29, 1.82) is 0 Å². The summed E-state index contributed by atoms with van der Waals surface area (Å²) in [4.78, 5) is 10.6. The second kappa shape index (κ2) is 7.38. The molecule has 1 heterocycles. The van der Waals surface area contributed by atoms with Gasteiger partial charge in [-0.1, -0.05) is 6.58 Å². The van der Waals surface area contributed by atoms with Crippen LogP contribution in [0.1, 0.15) is 19.3 Å². The predicted molar refractivity (Wildman–Crippen MR) is 64.9 cm³/mol. The fraction of sp³-hybridized carbons (Fsp3) is 0.727. The highest BCUT2D eigenvalue weighted by atomic mass is 32.2. The second-order valence-electron chi connectivity index (χ2n) is 3.94. The molecule has 7 heteroatoms. The van der Waals surface area contributed by atoms with Gasteiger partial charge in [0.2, 0.25) is 0 Å². The van der Waals surface area contributed by atoms with Crippen LogP contribution in [0.3, 0.4) is 0 Å². The molecule has 0 radical (unpaired) electrons. The van der Waals surface area contributed by atoms with E-state index < -0.39 is 16.0 Å². The Kier molecular flexibility index (Phi) is 6.14. The zero-order valence-electron chi connectivity index (χ0n) is 10.2. The van der Waals surface area contributed by atoms with E-state index in [4.69, 9.17) is 9.47 Å². The van der Waals surface area contributed by atoms with Crippen LogP contribution in [0.15, 0.2) is 12.0 Å². The van der Waals surface area contributed by atoms with Gasteiger partial charge < -0.3 is 14.2 Å². The highest BCUT2D eigenvalue weighted by Crippen LogP contribution is 2.12. The molecular formula is C11H18O6S. The second-order valence-corrected chi connectivity index (χ2v) is 6.01. The normalized spacial score (nSPS) is 19.3.